The summed E-state index contributed by atoms with van der Waals surface area (Å²) in [5.41, 5.74) is 1.10. The first-order valence-electron chi connectivity index (χ1n) is 7.89. The fourth-order valence-corrected chi connectivity index (χ4v) is 3.02. The van der Waals surface area contributed by atoms with Gasteiger partial charge >= 0.3 is 0 Å². The Morgan fingerprint density at radius 1 is 1.21 bits per heavy atom. The van der Waals surface area contributed by atoms with Crippen LogP contribution in [0.1, 0.15) is 11.3 Å². The Hall–Kier alpha value is -2.66. The Morgan fingerprint density at radius 3 is 2.88 bits per heavy atom. The largest absolute Gasteiger partial charge is 0.352 e. The molecule has 0 atom stereocenters. The summed E-state index contributed by atoms with van der Waals surface area (Å²) in [5.74, 6) is 0.900. The Kier molecular flexibility index (Phi) is 5.58. The number of imidazole rings is 1. The van der Waals surface area contributed by atoms with Crippen LogP contribution < -0.4 is 5.32 Å². The second-order valence-electron chi connectivity index (χ2n) is 5.30. The second kappa shape index (κ2) is 8.26. The minimum atomic E-state index is -0.0580. The SMILES string of the molecule is O=C(/C=C/c1cccs1)NCCCn1ccnc1-c1ccccc1. The van der Waals surface area contributed by atoms with E-state index in [0.717, 1.165) is 29.2 Å². The van der Waals surface area contributed by atoms with Crippen LogP contribution in [0.3, 0.4) is 0 Å². The molecule has 0 fully saturated rings. The van der Waals surface area contributed by atoms with Gasteiger partial charge in [0.1, 0.15) is 5.82 Å². The van der Waals surface area contributed by atoms with E-state index in [9.17, 15) is 4.79 Å². The number of aryl methyl sites for hydroxylation is 1. The van der Waals surface area contributed by atoms with E-state index in [1.165, 1.54) is 0 Å². The zero-order valence-electron chi connectivity index (χ0n) is 13.3. The lowest BCUT2D eigenvalue weighted by molar-refractivity contribution is -0.116. The van der Waals surface area contributed by atoms with E-state index in [0.29, 0.717) is 6.54 Å². The first-order valence-corrected chi connectivity index (χ1v) is 8.77. The van der Waals surface area contributed by atoms with Crippen LogP contribution in [0, 0.1) is 0 Å². The van der Waals surface area contributed by atoms with Crippen LogP contribution in [0.5, 0.6) is 0 Å². The highest BCUT2D eigenvalue weighted by molar-refractivity contribution is 7.10. The number of amides is 1. The minimum Gasteiger partial charge on any atom is -0.352 e. The number of carbonyl (C=O) groups excluding carboxylic acids is 1. The summed E-state index contributed by atoms with van der Waals surface area (Å²) in [6.07, 6.45) is 8.06. The van der Waals surface area contributed by atoms with Crippen LogP contribution in [-0.4, -0.2) is 22.0 Å². The topological polar surface area (TPSA) is 46.9 Å². The molecule has 1 N–H and O–H groups in total. The molecular weight excluding hydrogens is 318 g/mol. The molecule has 0 aliphatic carbocycles. The van der Waals surface area contributed by atoms with Crippen LogP contribution in [0.25, 0.3) is 17.5 Å². The Balaban J connectivity index is 1.46. The van der Waals surface area contributed by atoms with E-state index in [2.05, 4.69) is 27.0 Å². The molecule has 2 heterocycles. The average molecular weight is 337 g/mol. The summed E-state index contributed by atoms with van der Waals surface area (Å²) < 4.78 is 2.11. The fraction of sp³-hybridized carbons (Fsp3) is 0.158. The highest BCUT2D eigenvalue weighted by atomic mass is 32.1. The van der Waals surface area contributed by atoms with Crippen LogP contribution in [0.4, 0.5) is 0 Å². The maximum atomic E-state index is 11.8. The van der Waals surface area contributed by atoms with Crippen molar-refractivity contribution in [1.29, 1.82) is 0 Å². The number of thiophene rings is 1. The normalized spacial score (nSPS) is 11.0. The van der Waals surface area contributed by atoms with Crippen LogP contribution >= 0.6 is 11.3 Å². The molecule has 1 aromatic carbocycles. The van der Waals surface area contributed by atoms with Crippen molar-refractivity contribution >= 4 is 23.3 Å². The van der Waals surface area contributed by atoms with E-state index < -0.39 is 0 Å². The third kappa shape index (κ3) is 4.43. The lowest BCUT2D eigenvalue weighted by Gasteiger charge is -2.08. The number of carbonyl (C=O) groups is 1. The minimum absolute atomic E-state index is 0.0580. The van der Waals surface area contributed by atoms with Crippen LogP contribution in [-0.2, 0) is 11.3 Å². The van der Waals surface area contributed by atoms with Gasteiger partial charge in [0.2, 0.25) is 5.91 Å². The van der Waals surface area contributed by atoms with Crippen molar-refractivity contribution in [3.8, 4) is 11.4 Å². The van der Waals surface area contributed by atoms with Crippen molar-refractivity contribution in [3.63, 3.8) is 0 Å². The highest BCUT2D eigenvalue weighted by Gasteiger charge is 2.05. The van der Waals surface area contributed by atoms with Gasteiger partial charge in [-0.3, -0.25) is 4.79 Å². The van der Waals surface area contributed by atoms with Gasteiger partial charge in [-0.15, -0.1) is 11.3 Å². The highest BCUT2D eigenvalue weighted by Crippen LogP contribution is 2.16. The number of aromatic nitrogens is 2. The number of nitrogens with zero attached hydrogens (tertiary/aromatic N) is 2. The zero-order valence-corrected chi connectivity index (χ0v) is 14.1. The molecule has 0 saturated heterocycles. The molecule has 0 aliphatic heterocycles. The summed E-state index contributed by atoms with van der Waals surface area (Å²) in [6.45, 7) is 1.46. The van der Waals surface area contributed by atoms with Crippen molar-refractivity contribution in [3.05, 3.63) is 71.2 Å². The van der Waals surface area contributed by atoms with Crippen molar-refractivity contribution in [1.82, 2.24) is 14.9 Å². The predicted octanol–water partition coefficient (Wildman–Crippen LogP) is 3.83. The molecule has 0 bridgehead atoms. The van der Waals surface area contributed by atoms with Gasteiger partial charge in [0, 0.05) is 42.0 Å². The smallest absolute Gasteiger partial charge is 0.244 e. The van der Waals surface area contributed by atoms with E-state index in [-0.39, 0.29) is 5.91 Å². The molecule has 5 heteroatoms. The van der Waals surface area contributed by atoms with E-state index in [1.54, 1.807) is 17.4 Å². The molecule has 24 heavy (non-hydrogen) atoms. The third-order valence-corrected chi connectivity index (χ3v) is 4.40. The third-order valence-electron chi connectivity index (χ3n) is 3.56. The van der Waals surface area contributed by atoms with Gasteiger partial charge in [-0.05, 0) is 23.9 Å². The molecule has 0 radical (unpaired) electrons. The molecule has 1 amide bonds. The number of nitrogens with one attached hydrogen (secondary N) is 1. The first-order chi connectivity index (χ1) is 11.8. The van der Waals surface area contributed by atoms with Crippen molar-refractivity contribution in [2.45, 2.75) is 13.0 Å². The lowest BCUT2D eigenvalue weighted by Crippen LogP contribution is -2.23. The molecule has 3 rings (SSSR count). The quantitative estimate of drug-likeness (QED) is 0.526. The molecule has 2 aromatic heterocycles. The van der Waals surface area contributed by atoms with Gasteiger partial charge in [0.25, 0.3) is 0 Å². The van der Waals surface area contributed by atoms with Crippen LogP contribution in [0.2, 0.25) is 0 Å². The van der Waals surface area contributed by atoms with E-state index in [4.69, 9.17) is 0 Å². The molecule has 0 saturated carbocycles. The molecule has 0 spiro atoms. The van der Waals surface area contributed by atoms with Crippen LogP contribution in [0.15, 0.2) is 66.3 Å². The number of benzene rings is 1. The maximum Gasteiger partial charge on any atom is 0.244 e. The van der Waals surface area contributed by atoms with E-state index >= 15 is 0 Å². The van der Waals surface area contributed by atoms with Gasteiger partial charge in [0.05, 0.1) is 0 Å². The number of hydrogen-bond acceptors (Lipinski definition) is 3. The molecule has 0 aliphatic rings. The van der Waals surface area contributed by atoms with Crippen molar-refractivity contribution < 1.29 is 4.79 Å². The van der Waals surface area contributed by atoms with Crippen molar-refractivity contribution in [2.24, 2.45) is 0 Å². The molecule has 3 aromatic rings. The standard InChI is InChI=1S/C19H19N3OS/c23-18(10-9-17-8-4-15-24-17)20-11-5-13-22-14-12-21-19(22)16-6-2-1-3-7-16/h1-4,6-10,12,14-15H,5,11,13H2,(H,20,23)/b10-9+. The van der Waals surface area contributed by atoms with Gasteiger partial charge in [-0.2, -0.15) is 0 Å². The second-order valence-corrected chi connectivity index (χ2v) is 6.28. The molecule has 4 nitrogen and oxygen atoms in total. The molecule has 122 valence electrons. The van der Waals surface area contributed by atoms with Gasteiger partial charge < -0.3 is 9.88 Å². The molecule has 0 unspecified atom stereocenters. The maximum absolute atomic E-state index is 11.8. The monoisotopic (exact) mass is 337 g/mol. The predicted molar refractivity (Wildman–Crippen MR) is 98.6 cm³/mol. The van der Waals surface area contributed by atoms with Gasteiger partial charge in [-0.25, -0.2) is 4.98 Å². The summed E-state index contributed by atoms with van der Waals surface area (Å²) in [4.78, 5) is 17.3. The van der Waals surface area contributed by atoms with Gasteiger partial charge in [-0.1, -0.05) is 36.4 Å². The number of rotatable bonds is 7. The summed E-state index contributed by atoms with van der Waals surface area (Å²) in [5, 5.41) is 4.90. The van der Waals surface area contributed by atoms with Crippen molar-refractivity contribution in [2.75, 3.05) is 6.54 Å². The fourth-order valence-electron chi connectivity index (χ4n) is 2.40. The van der Waals surface area contributed by atoms with E-state index in [1.807, 2.05) is 54.2 Å². The first kappa shape index (κ1) is 16.2. The summed E-state index contributed by atoms with van der Waals surface area (Å²) >= 11 is 1.61. The lowest BCUT2D eigenvalue weighted by atomic mass is 10.2. The summed E-state index contributed by atoms with van der Waals surface area (Å²) in [6, 6.07) is 14.1. The summed E-state index contributed by atoms with van der Waals surface area (Å²) in [7, 11) is 0. The molecular formula is C19H19N3OS. The Bertz CT molecular complexity index is 791. The zero-order chi connectivity index (χ0) is 16.6. The Labute approximate surface area is 145 Å². The number of hydrogen-bond donors (Lipinski definition) is 1. The average Bonchev–Trinajstić information content (AvgIpc) is 3.29. The van der Waals surface area contributed by atoms with Gasteiger partial charge in [0.15, 0.2) is 0 Å². The Morgan fingerprint density at radius 2 is 2.08 bits per heavy atom.